The molecular formula is C24H29ClN2O2. The van der Waals surface area contributed by atoms with Crippen molar-refractivity contribution in [3.8, 4) is 11.5 Å². The van der Waals surface area contributed by atoms with Crippen LogP contribution in [0.25, 0.3) is 0 Å². The minimum absolute atomic E-state index is 0.374. The number of nitrogens with one attached hydrogen (secondary N) is 1. The topological polar surface area (TPSA) is 43.4 Å². The second-order valence-electron chi connectivity index (χ2n) is 9.31. The highest BCUT2D eigenvalue weighted by atomic mass is 35.5. The first-order chi connectivity index (χ1) is 14.1. The molecule has 4 fully saturated rings. The second kappa shape index (κ2) is 7.81. The zero-order chi connectivity index (χ0) is 19.8. The molecule has 0 radical (unpaired) electrons. The van der Waals surface area contributed by atoms with Crippen molar-refractivity contribution in [2.45, 2.75) is 57.2 Å². The molecule has 1 N–H and O–H groups in total. The fourth-order valence-corrected chi connectivity index (χ4v) is 6.32. The summed E-state index contributed by atoms with van der Waals surface area (Å²) >= 11 is 5.84. The van der Waals surface area contributed by atoms with Gasteiger partial charge in [-0.3, -0.25) is 0 Å². The molecule has 1 aromatic heterocycles. The third-order valence-corrected chi connectivity index (χ3v) is 7.34. The average molecular weight is 413 g/mol. The third kappa shape index (κ3) is 4.10. The molecule has 6 rings (SSSR count). The first kappa shape index (κ1) is 19.2. The molecule has 154 valence electrons. The minimum atomic E-state index is 0.374. The van der Waals surface area contributed by atoms with E-state index in [4.69, 9.17) is 21.1 Å². The Kier molecular flexibility index (Phi) is 5.17. The Morgan fingerprint density at radius 1 is 1.00 bits per heavy atom. The molecule has 4 aliphatic rings. The summed E-state index contributed by atoms with van der Waals surface area (Å²) in [5.74, 6) is 4.40. The highest BCUT2D eigenvalue weighted by molar-refractivity contribution is 6.29. The van der Waals surface area contributed by atoms with E-state index in [1.807, 2.05) is 12.1 Å². The predicted molar refractivity (Wildman–Crippen MR) is 114 cm³/mol. The molecule has 0 aliphatic heterocycles. The van der Waals surface area contributed by atoms with Gasteiger partial charge in [0.2, 0.25) is 0 Å². The minimum Gasteiger partial charge on any atom is -0.493 e. The number of ether oxygens (including phenoxy) is 2. The van der Waals surface area contributed by atoms with Crippen LogP contribution in [0, 0.1) is 17.8 Å². The molecule has 2 aromatic rings. The number of pyridine rings is 1. The molecule has 4 saturated carbocycles. The zero-order valence-electron chi connectivity index (χ0n) is 17.0. The number of hydrogen-bond acceptors (Lipinski definition) is 4. The Morgan fingerprint density at radius 3 is 2.31 bits per heavy atom. The van der Waals surface area contributed by atoms with Crippen LogP contribution in [0.4, 0.5) is 0 Å². The van der Waals surface area contributed by atoms with Gasteiger partial charge in [0.15, 0.2) is 11.5 Å². The Balaban J connectivity index is 1.23. The van der Waals surface area contributed by atoms with Gasteiger partial charge in [0.1, 0.15) is 11.8 Å². The summed E-state index contributed by atoms with van der Waals surface area (Å²) in [5.41, 5.74) is 2.60. The maximum Gasteiger partial charge on any atom is 0.161 e. The van der Waals surface area contributed by atoms with Gasteiger partial charge in [-0.2, -0.15) is 0 Å². The molecule has 0 amide bonds. The molecule has 4 aliphatic carbocycles. The van der Waals surface area contributed by atoms with Crippen molar-refractivity contribution >= 4 is 11.6 Å². The van der Waals surface area contributed by atoms with E-state index in [9.17, 15) is 0 Å². The highest BCUT2D eigenvalue weighted by Gasteiger charge is 2.50. The predicted octanol–water partition coefficient (Wildman–Crippen LogP) is 5.38. The van der Waals surface area contributed by atoms with Crippen molar-refractivity contribution in [2.24, 2.45) is 17.8 Å². The largest absolute Gasteiger partial charge is 0.493 e. The van der Waals surface area contributed by atoms with E-state index in [2.05, 4.69) is 22.4 Å². The number of methoxy groups -OCH3 is 1. The molecule has 0 saturated heterocycles. The lowest BCUT2D eigenvalue weighted by Crippen LogP contribution is -2.58. The Labute approximate surface area is 178 Å². The second-order valence-corrected chi connectivity index (χ2v) is 9.70. The molecule has 29 heavy (non-hydrogen) atoms. The van der Waals surface area contributed by atoms with Gasteiger partial charge in [-0.25, -0.2) is 4.98 Å². The average Bonchev–Trinajstić information content (AvgIpc) is 2.71. The number of rotatable bonds is 7. The summed E-state index contributed by atoms with van der Waals surface area (Å²) < 4.78 is 11.6. The standard InChI is InChI=1S/C24H29ClN2O2/c1-28-22-9-16(2-4-21(22)29-15-17-3-5-23(25)26-13-17)14-27-24-10-18-6-19(11-24)8-20(7-18)12-24/h2-5,9,13,18-20,27H,6-8,10-12,14-15H2,1H3. The first-order valence-electron chi connectivity index (χ1n) is 10.8. The van der Waals surface area contributed by atoms with E-state index in [1.165, 1.54) is 44.1 Å². The van der Waals surface area contributed by atoms with Crippen molar-refractivity contribution in [3.05, 3.63) is 52.8 Å². The lowest BCUT2D eigenvalue weighted by molar-refractivity contribution is -0.0206. The van der Waals surface area contributed by atoms with Crippen LogP contribution >= 0.6 is 11.6 Å². The van der Waals surface area contributed by atoms with Crippen LogP contribution in [-0.4, -0.2) is 17.6 Å². The van der Waals surface area contributed by atoms with Gasteiger partial charge < -0.3 is 14.8 Å². The number of hydrogen-bond donors (Lipinski definition) is 1. The van der Waals surface area contributed by atoms with Crippen molar-refractivity contribution in [1.82, 2.24) is 10.3 Å². The molecule has 1 aromatic carbocycles. The van der Waals surface area contributed by atoms with Gasteiger partial charge in [0.05, 0.1) is 7.11 Å². The summed E-state index contributed by atoms with van der Waals surface area (Å²) in [6, 6.07) is 9.95. The smallest absolute Gasteiger partial charge is 0.161 e. The van der Waals surface area contributed by atoms with E-state index >= 15 is 0 Å². The summed E-state index contributed by atoms with van der Waals surface area (Å²) in [4.78, 5) is 4.10. The van der Waals surface area contributed by atoms with E-state index in [1.54, 1.807) is 19.4 Å². The number of nitrogens with zero attached hydrogens (tertiary/aromatic N) is 1. The molecule has 5 heteroatoms. The van der Waals surface area contributed by atoms with E-state index in [0.717, 1.165) is 41.4 Å². The van der Waals surface area contributed by atoms with Gasteiger partial charge in [0.25, 0.3) is 0 Å². The van der Waals surface area contributed by atoms with Crippen LogP contribution < -0.4 is 14.8 Å². The SMILES string of the molecule is COc1cc(CNC23CC4CC(CC(C4)C2)C3)ccc1OCc1ccc(Cl)nc1. The van der Waals surface area contributed by atoms with Gasteiger partial charge >= 0.3 is 0 Å². The van der Waals surface area contributed by atoms with Crippen LogP contribution in [0.5, 0.6) is 11.5 Å². The molecular weight excluding hydrogens is 384 g/mol. The molecule has 0 unspecified atom stereocenters. The van der Waals surface area contributed by atoms with Crippen LogP contribution in [-0.2, 0) is 13.2 Å². The highest BCUT2D eigenvalue weighted by Crippen LogP contribution is 2.55. The first-order valence-corrected chi connectivity index (χ1v) is 11.1. The fraction of sp³-hybridized carbons (Fsp3) is 0.542. The van der Waals surface area contributed by atoms with Crippen LogP contribution in [0.15, 0.2) is 36.5 Å². The molecule has 4 nitrogen and oxygen atoms in total. The summed E-state index contributed by atoms with van der Waals surface area (Å²) in [5, 5.41) is 4.45. The quantitative estimate of drug-likeness (QED) is 0.620. The number of aromatic nitrogens is 1. The van der Waals surface area contributed by atoms with Gasteiger partial charge in [-0.1, -0.05) is 23.7 Å². The Morgan fingerprint density at radius 2 is 1.69 bits per heavy atom. The maximum atomic E-state index is 5.96. The van der Waals surface area contributed by atoms with Crippen molar-refractivity contribution in [3.63, 3.8) is 0 Å². The molecule has 1 heterocycles. The van der Waals surface area contributed by atoms with E-state index in [0.29, 0.717) is 17.3 Å². The number of halogens is 1. The van der Waals surface area contributed by atoms with Crippen LogP contribution in [0.2, 0.25) is 5.15 Å². The lowest BCUT2D eigenvalue weighted by Gasteiger charge is -2.57. The van der Waals surface area contributed by atoms with Crippen molar-refractivity contribution < 1.29 is 9.47 Å². The van der Waals surface area contributed by atoms with Gasteiger partial charge in [-0.05, 0) is 80.0 Å². The summed E-state index contributed by atoms with van der Waals surface area (Å²) in [6.45, 7) is 1.33. The number of benzene rings is 1. The fourth-order valence-electron chi connectivity index (χ4n) is 6.21. The van der Waals surface area contributed by atoms with Crippen LogP contribution in [0.3, 0.4) is 0 Å². The van der Waals surface area contributed by atoms with Crippen molar-refractivity contribution in [2.75, 3.05) is 7.11 Å². The zero-order valence-corrected chi connectivity index (χ0v) is 17.8. The summed E-state index contributed by atoms with van der Waals surface area (Å²) in [6.07, 6.45) is 10.3. The third-order valence-electron chi connectivity index (χ3n) is 7.12. The van der Waals surface area contributed by atoms with Gasteiger partial charge in [-0.15, -0.1) is 0 Å². The maximum absolute atomic E-state index is 5.96. The Bertz CT molecular complexity index is 832. The lowest BCUT2D eigenvalue weighted by atomic mass is 9.53. The summed E-state index contributed by atoms with van der Waals surface area (Å²) in [7, 11) is 1.70. The van der Waals surface area contributed by atoms with Crippen LogP contribution in [0.1, 0.15) is 49.7 Å². The van der Waals surface area contributed by atoms with Crippen molar-refractivity contribution in [1.29, 1.82) is 0 Å². The molecule has 0 atom stereocenters. The van der Waals surface area contributed by atoms with E-state index in [-0.39, 0.29) is 0 Å². The monoisotopic (exact) mass is 412 g/mol. The molecule has 0 spiro atoms. The normalized spacial score (nSPS) is 29.8. The molecule has 4 bridgehead atoms. The van der Waals surface area contributed by atoms with E-state index < -0.39 is 0 Å². The Hall–Kier alpha value is -1.78. The van der Waals surface area contributed by atoms with Gasteiger partial charge in [0, 0.05) is 23.8 Å².